The van der Waals surface area contributed by atoms with Crippen LogP contribution in [0.15, 0.2) is 82.5 Å². The maximum Gasteiger partial charge on any atom is 0.308 e. The summed E-state index contributed by atoms with van der Waals surface area (Å²) in [5, 5.41) is 0. The van der Waals surface area contributed by atoms with Crippen LogP contribution in [0.25, 0.3) is 10.2 Å². The van der Waals surface area contributed by atoms with Crippen LogP contribution in [0.1, 0.15) is 30.5 Å². The molecule has 1 N–H and O–H groups in total. The Morgan fingerprint density at radius 2 is 1.75 bits per heavy atom. The van der Waals surface area contributed by atoms with Crippen molar-refractivity contribution in [3.8, 4) is 5.75 Å². The van der Waals surface area contributed by atoms with Crippen molar-refractivity contribution in [3.05, 3.63) is 93.6 Å². The van der Waals surface area contributed by atoms with Crippen molar-refractivity contribution in [1.82, 2.24) is 9.29 Å². The molecule has 4 aromatic rings. The summed E-state index contributed by atoms with van der Waals surface area (Å²) in [6.45, 7) is 2.37. The number of methoxy groups -OCH3 is 1. The molecular weight excluding hydrogens is 444 g/mol. The molecule has 0 radical (unpaired) electrons. The molecule has 0 aliphatic heterocycles. The Bertz CT molecular complexity index is 1380. The molecule has 0 spiro atoms. The van der Waals surface area contributed by atoms with E-state index in [1.165, 1.54) is 0 Å². The molecular formula is C24H24N2O4S2. The number of hydrogen-bond donors (Lipinski definition) is 1. The van der Waals surface area contributed by atoms with E-state index < -0.39 is 10.0 Å². The summed E-state index contributed by atoms with van der Waals surface area (Å²) in [6.07, 6.45) is 0.592. The van der Waals surface area contributed by atoms with Crippen molar-refractivity contribution in [3.63, 3.8) is 0 Å². The standard InChI is InChI=1S/C24H24N2O4S2/c1-3-21(18-9-11-19(30-2)12-10-18)25-32(28,29)20-13-14-22-23(15-20)31-24(27)26(22)16-17-7-5-4-6-8-17/h4-15,21,25H,3,16H2,1-2H3/t21-/m1/s1. The van der Waals surface area contributed by atoms with E-state index in [4.69, 9.17) is 4.74 Å². The molecule has 0 aliphatic rings. The molecule has 0 saturated heterocycles. The first kappa shape index (κ1) is 22.3. The van der Waals surface area contributed by atoms with Gasteiger partial charge in [-0.25, -0.2) is 13.1 Å². The summed E-state index contributed by atoms with van der Waals surface area (Å²) in [6, 6.07) is 21.5. The second-order valence-electron chi connectivity index (χ2n) is 7.42. The lowest BCUT2D eigenvalue weighted by Gasteiger charge is -2.18. The van der Waals surface area contributed by atoms with Crippen LogP contribution in [0.3, 0.4) is 0 Å². The van der Waals surface area contributed by atoms with Crippen molar-refractivity contribution in [2.24, 2.45) is 0 Å². The van der Waals surface area contributed by atoms with E-state index in [2.05, 4.69) is 4.72 Å². The van der Waals surface area contributed by atoms with E-state index in [0.717, 1.165) is 28.0 Å². The molecule has 0 fully saturated rings. The van der Waals surface area contributed by atoms with Gasteiger partial charge in [-0.2, -0.15) is 0 Å². The molecule has 0 saturated carbocycles. The predicted octanol–water partition coefficient (Wildman–Crippen LogP) is 4.55. The van der Waals surface area contributed by atoms with Gasteiger partial charge in [-0.1, -0.05) is 60.7 Å². The van der Waals surface area contributed by atoms with E-state index in [0.29, 0.717) is 23.4 Å². The third-order valence-electron chi connectivity index (χ3n) is 5.36. The number of thiazole rings is 1. The topological polar surface area (TPSA) is 77.4 Å². The molecule has 6 nitrogen and oxygen atoms in total. The van der Waals surface area contributed by atoms with Crippen LogP contribution in [0.5, 0.6) is 5.75 Å². The van der Waals surface area contributed by atoms with Crippen molar-refractivity contribution in [2.45, 2.75) is 30.8 Å². The van der Waals surface area contributed by atoms with Crippen LogP contribution in [-0.4, -0.2) is 20.1 Å². The first-order valence-corrected chi connectivity index (χ1v) is 12.5. The van der Waals surface area contributed by atoms with E-state index in [9.17, 15) is 13.2 Å². The Kier molecular flexibility index (Phi) is 6.45. The van der Waals surface area contributed by atoms with Crippen LogP contribution in [0.4, 0.5) is 0 Å². The van der Waals surface area contributed by atoms with E-state index in [1.807, 2.05) is 61.5 Å². The zero-order chi connectivity index (χ0) is 22.7. The van der Waals surface area contributed by atoms with Gasteiger partial charge in [0.15, 0.2) is 0 Å². The minimum atomic E-state index is -3.78. The van der Waals surface area contributed by atoms with Gasteiger partial charge in [-0.3, -0.25) is 9.36 Å². The largest absolute Gasteiger partial charge is 0.497 e. The summed E-state index contributed by atoms with van der Waals surface area (Å²) in [4.78, 5) is 12.6. The van der Waals surface area contributed by atoms with Gasteiger partial charge < -0.3 is 4.74 Å². The molecule has 0 bridgehead atoms. The van der Waals surface area contributed by atoms with E-state index in [1.54, 1.807) is 29.9 Å². The molecule has 0 aliphatic carbocycles. The molecule has 0 unspecified atom stereocenters. The van der Waals surface area contributed by atoms with Crippen molar-refractivity contribution >= 4 is 31.6 Å². The lowest BCUT2D eigenvalue weighted by molar-refractivity contribution is 0.414. The number of sulfonamides is 1. The maximum absolute atomic E-state index is 13.1. The number of benzene rings is 3. The SMILES string of the molecule is CC[C@@H](NS(=O)(=O)c1ccc2c(c1)sc(=O)n2Cc1ccccc1)c1ccc(OC)cc1. The minimum absolute atomic E-state index is 0.115. The van der Waals surface area contributed by atoms with Gasteiger partial charge >= 0.3 is 4.87 Å². The molecule has 1 atom stereocenters. The Morgan fingerprint density at radius 1 is 1.03 bits per heavy atom. The lowest BCUT2D eigenvalue weighted by Crippen LogP contribution is -2.28. The number of nitrogens with one attached hydrogen (secondary N) is 1. The average Bonchev–Trinajstić information content (AvgIpc) is 3.12. The highest BCUT2D eigenvalue weighted by atomic mass is 32.2. The van der Waals surface area contributed by atoms with Gasteiger partial charge in [0.2, 0.25) is 10.0 Å². The molecule has 166 valence electrons. The highest BCUT2D eigenvalue weighted by molar-refractivity contribution is 7.89. The maximum atomic E-state index is 13.1. The molecule has 1 aromatic heterocycles. The molecule has 1 heterocycles. The molecule has 4 rings (SSSR count). The normalized spacial score (nSPS) is 12.7. The van der Waals surface area contributed by atoms with E-state index >= 15 is 0 Å². The van der Waals surface area contributed by atoms with Crippen LogP contribution in [0.2, 0.25) is 0 Å². The van der Waals surface area contributed by atoms with Gasteiger partial charge in [-0.05, 0) is 47.9 Å². The Morgan fingerprint density at radius 3 is 2.41 bits per heavy atom. The lowest BCUT2D eigenvalue weighted by atomic mass is 10.1. The fraction of sp³-hybridized carbons (Fsp3) is 0.208. The molecule has 3 aromatic carbocycles. The molecule has 0 amide bonds. The van der Waals surface area contributed by atoms with Crippen molar-refractivity contribution in [1.29, 1.82) is 0 Å². The molecule has 32 heavy (non-hydrogen) atoms. The van der Waals surface area contributed by atoms with Crippen LogP contribution >= 0.6 is 11.3 Å². The first-order valence-electron chi connectivity index (χ1n) is 10.2. The Balaban J connectivity index is 1.62. The van der Waals surface area contributed by atoms with Gasteiger partial charge in [0, 0.05) is 6.04 Å². The van der Waals surface area contributed by atoms with Crippen LogP contribution < -0.4 is 14.3 Å². The zero-order valence-electron chi connectivity index (χ0n) is 17.8. The van der Waals surface area contributed by atoms with Gasteiger partial charge in [-0.15, -0.1) is 0 Å². The fourth-order valence-electron chi connectivity index (χ4n) is 3.61. The summed E-state index contributed by atoms with van der Waals surface area (Å²) < 4.78 is 36.5. The minimum Gasteiger partial charge on any atom is -0.497 e. The number of rotatable bonds is 8. The van der Waals surface area contributed by atoms with Crippen molar-refractivity contribution in [2.75, 3.05) is 7.11 Å². The monoisotopic (exact) mass is 468 g/mol. The van der Waals surface area contributed by atoms with Gasteiger partial charge in [0.05, 0.1) is 28.8 Å². The smallest absolute Gasteiger partial charge is 0.308 e. The number of aromatic nitrogens is 1. The summed E-state index contributed by atoms with van der Waals surface area (Å²) in [5.41, 5.74) is 2.60. The fourth-order valence-corrected chi connectivity index (χ4v) is 5.95. The highest BCUT2D eigenvalue weighted by Crippen LogP contribution is 2.26. The second-order valence-corrected chi connectivity index (χ2v) is 10.1. The third kappa shape index (κ3) is 4.62. The summed E-state index contributed by atoms with van der Waals surface area (Å²) in [5.74, 6) is 0.715. The number of ether oxygens (including phenoxy) is 1. The summed E-state index contributed by atoms with van der Waals surface area (Å²) >= 11 is 1.05. The first-order chi connectivity index (χ1) is 15.4. The number of nitrogens with zero attached hydrogens (tertiary/aromatic N) is 1. The zero-order valence-corrected chi connectivity index (χ0v) is 19.4. The Labute approximate surface area is 191 Å². The second kappa shape index (κ2) is 9.28. The highest BCUT2D eigenvalue weighted by Gasteiger charge is 2.22. The van der Waals surface area contributed by atoms with Crippen LogP contribution in [-0.2, 0) is 16.6 Å². The quantitative estimate of drug-likeness (QED) is 0.412. The predicted molar refractivity (Wildman–Crippen MR) is 128 cm³/mol. The van der Waals surface area contributed by atoms with E-state index in [-0.39, 0.29) is 15.8 Å². The summed E-state index contributed by atoms with van der Waals surface area (Å²) in [7, 11) is -2.19. The van der Waals surface area contributed by atoms with Crippen molar-refractivity contribution < 1.29 is 13.2 Å². The van der Waals surface area contributed by atoms with Crippen LogP contribution in [0, 0.1) is 0 Å². The number of fused-ring (bicyclic) bond motifs is 1. The molecule has 8 heteroatoms. The third-order valence-corrected chi connectivity index (χ3v) is 7.77. The average molecular weight is 469 g/mol. The van der Waals surface area contributed by atoms with Gasteiger partial charge in [0.1, 0.15) is 5.75 Å². The number of hydrogen-bond acceptors (Lipinski definition) is 5. The Hall–Kier alpha value is -2.94. The van der Waals surface area contributed by atoms with Gasteiger partial charge in [0.25, 0.3) is 0 Å².